The topological polar surface area (TPSA) is 199 Å². The van der Waals surface area contributed by atoms with Gasteiger partial charge in [0.25, 0.3) is 21.6 Å². The minimum absolute atomic E-state index is 0.00671. The number of aromatic nitrogens is 2. The molecule has 0 unspecified atom stereocenters. The zero-order chi connectivity index (χ0) is 55.7. The summed E-state index contributed by atoms with van der Waals surface area (Å²) in [6, 6.07) is 23.1. The molecular formula is C59H66F3N9O8S. The lowest BCUT2D eigenvalue weighted by Crippen LogP contribution is -2.59. The smallest absolute Gasteiger partial charge is 0.293 e. The second-order valence-electron chi connectivity index (χ2n) is 23.3. The third kappa shape index (κ3) is 10.6. The van der Waals surface area contributed by atoms with E-state index >= 15 is 4.39 Å². The highest BCUT2D eigenvalue weighted by Crippen LogP contribution is 2.54. The molecule has 1 spiro atoms. The van der Waals surface area contributed by atoms with Crippen LogP contribution >= 0.6 is 0 Å². The zero-order valence-corrected chi connectivity index (χ0v) is 45.6. The fraction of sp³-hybridized carbons (Fsp3) is 0.458. The van der Waals surface area contributed by atoms with Gasteiger partial charge in [0.1, 0.15) is 28.9 Å². The lowest BCUT2D eigenvalue weighted by atomic mass is 9.59. The van der Waals surface area contributed by atoms with E-state index in [1.807, 2.05) is 17.0 Å². The molecule has 3 saturated heterocycles. The Balaban J connectivity index is 0.803. The summed E-state index contributed by atoms with van der Waals surface area (Å²) in [6.45, 7) is 9.27. The minimum atomic E-state index is -4.71. The number of piperazine rings is 1. The molecule has 4 aliphatic heterocycles. The van der Waals surface area contributed by atoms with Crippen LogP contribution in [0.25, 0.3) is 11.0 Å². The number of nitrogens with one attached hydrogen (secondary N) is 3. The van der Waals surface area contributed by atoms with Crippen molar-refractivity contribution in [2.45, 2.75) is 113 Å². The number of aliphatic hydroxyl groups is 1. The molecule has 6 aromatic rings. The van der Waals surface area contributed by atoms with Gasteiger partial charge >= 0.3 is 0 Å². The normalized spacial score (nSPS) is 24.4. The quantitative estimate of drug-likeness (QED) is 0.0630. The second-order valence-corrected chi connectivity index (χ2v) is 25.0. The Labute approximate surface area is 462 Å². The number of pyridine rings is 1. The van der Waals surface area contributed by atoms with E-state index in [0.717, 1.165) is 88.6 Å². The predicted octanol–water partition coefficient (Wildman–Crippen LogP) is 9.66. The van der Waals surface area contributed by atoms with E-state index in [1.165, 1.54) is 41.6 Å². The number of sulfonamides is 1. The van der Waals surface area contributed by atoms with Crippen LogP contribution in [0.5, 0.6) is 5.88 Å². The first-order chi connectivity index (χ1) is 38.4. The van der Waals surface area contributed by atoms with E-state index in [2.05, 4.69) is 65.9 Å². The number of benzene rings is 4. The molecule has 1 amide bonds. The number of nitro benzene ring substituents is 1. The van der Waals surface area contributed by atoms with Crippen LogP contribution in [-0.4, -0.2) is 120 Å². The van der Waals surface area contributed by atoms with E-state index in [-0.39, 0.29) is 52.1 Å². The summed E-state index contributed by atoms with van der Waals surface area (Å²) < 4.78 is 86.5. The molecule has 0 radical (unpaired) electrons. The average molecular weight is 1120 g/mol. The number of aromatic amines is 1. The van der Waals surface area contributed by atoms with Gasteiger partial charge in [0.05, 0.1) is 44.7 Å². The van der Waals surface area contributed by atoms with Crippen molar-refractivity contribution in [3.05, 3.63) is 141 Å². The van der Waals surface area contributed by atoms with Gasteiger partial charge in [0.15, 0.2) is 11.6 Å². The van der Waals surface area contributed by atoms with Gasteiger partial charge in [-0.05, 0) is 148 Å². The number of nitrogens with zero attached hydrogens (tertiary/aromatic N) is 6. The van der Waals surface area contributed by atoms with E-state index < -0.39 is 66.6 Å². The number of ether oxygens (including phenoxy) is 2. The van der Waals surface area contributed by atoms with Gasteiger partial charge in [-0.2, -0.15) is 4.98 Å². The molecule has 5 fully saturated rings. The SMILES string of the molecule is Cc1ccccc1[C@@H]1CN(Cc2ccc(F)c(F)c2)CCN1C1CC2(CCN(c3ccc(C(=O)NS(=O)(=O)c4ccc(NCC5CCC(C)(O)CC5)c([N+](=O)[O-])c4)c(N4c5cc6c(F)c[nH]c6nc5O[C@H]5COCC[C@@H]54)c3)CC2)C1. The Morgan fingerprint density at radius 3 is 2.46 bits per heavy atom. The van der Waals surface area contributed by atoms with E-state index in [9.17, 15) is 37.2 Å². The number of fused-ring (bicyclic) bond motifs is 3. The molecule has 3 atom stereocenters. The maximum Gasteiger partial charge on any atom is 0.293 e. The van der Waals surface area contributed by atoms with Crippen molar-refractivity contribution >= 4 is 55.4 Å². The van der Waals surface area contributed by atoms with Gasteiger partial charge in [-0.25, -0.2) is 26.3 Å². The molecule has 17 nitrogen and oxygen atoms in total. The van der Waals surface area contributed by atoms with E-state index in [1.54, 1.807) is 25.1 Å². The van der Waals surface area contributed by atoms with Crippen LogP contribution in [0, 0.1) is 45.8 Å². The van der Waals surface area contributed by atoms with Crippen LogP contribution in [0.1, 0.15) is 97.8 Å². The molecule has 6 aliphatic rings. The number of nitro groups is 1. The van der Waals surface area contributed by atoms with Gasteiger partial charge in [0.2, 0.25) is 5.88 Å². The van der Waals surface area contributed by atoms with Gasteiger partial charge in [0, 0.05) is 82.5 Å². The number of aryl methyl sites for hydroxylation is 1. The van der Waals surface area contributed by atoms with Crippen molar-refractivity contribution in [1.82, 2.24) is 24.5 Å². The fourth-order valence-electron chi connectivity index (χ4n) is 13.5. The van der Waals surface area contributed by atoms with Gasteiger partial charge in [-0.3, -0.25) is 24.7 Å². The molecule has 4 aromatic carbocycles. The molecule has 21 heteroatoms. The lowest BCUT2D eigenvalue weighted by Gasteiger charge is -2.58. The van der Waals surface area contributed by atoms with Crippen molar-refractivity contribution in [3.8, 4) is 5.88 Å². The summed E-state index contributed by atoms with van der Waals surface area (Å²) in [6.07, 6.45) is 7.69. The van der Waals surface area contributed by atoms with Crippen LogP contribution < -0.4 is 24.6 Å². The maximum atomic E-state index is 15.4. The molecule has 4 N–H and O–H groups in total. The lowest BCUT2D eigenvalue weighted by molar-refractivity contribution is -0.384. The highest BCUT2D eigenvalue weighted by molar-refractivity contribution is 7.90. The fourth-order valence-corrected chi connectivity index (χ4v) is 14.4. The molecule has 2 saturated carbocycles. The van der Waals surface area contributed by atoms with Gasteiger partial charge in [-0.1, -0.05) is 30.3 Å². The third-order valence-electron chi connectivity index (χ3n) is 18.1. The largest absolute Gasteiger partial charge is 0.468 e. The number of H-pyrrole nitrogens is 1. The molecule has 2 aliphatic carbocycles. The second kappa shape index (κ2) is 21.3. The average Bonchev–Trinajstić information content (AvgIpc) is 3.97. The van der Waals surface area contributed by atoms with Crippen molar-refractivity contribution in [2.75, 3.05) is 67.6 Å². The van der Waals surface area contributed by atoms with Crippen molar-refractivity contribution in [1.29, 1.82) is 0 Å². The number of carbonyl (C=O) groups is 1. The number of rotatable bonds is 13. The number of amides is 1. The number of piperidine rings is 1. The first-order valence-electron chi connectivity index (χ1n) is 27.8. The Kier molecular flexibility index (Phi) is 14.3. The Bertz CT molecular complexity index is 3470. The van der Waals surface area contributed by atoms with Crippen LogP contribution in [0.4, 0.5) is 41.6 Å². The summed E-state index contributed by atoms with van der Waals surface area (Å²) in [5, 5.41) is 26.1. The molecule has 12 rings (SSSR count). The van der Waals surface area contributed by atoms with Gasteiger partial charge < -0.3 is 34.7 Å². The number of carbonyl (C=O) groups excluding carboxylic acids is 1. The number of hydrogen-bond donors (Lipinski definition) is 4. The van der Waals surface area contributed by atoms with Crippen molar-refractivity contribution in [2.24, 2.45) is 11.3 Å². The van der Waals surface area contributed by atoms with Crippen LogP contribution in [-0.2, 0) is 21.3 Å². The summed E-state index contributed by atoms with van der Waals surface area (Å²) in [4.78, 5) is 42.8. The first-order valence-corrected chi connectivity index (χ1v) is 29.3. The van der Waals surface area contributed by atoms with Crippen LogP contribution in [0.2, 0.25) is 0 Å². The number of hydrogen-bond acceptors (Lipinski definition) is 14. The van der Waals surface area contributed by atoms with Crippen molar-refractivity contribution < 1.29 is 45.9 Å². The summed E-state index contributed by atoms with van der Waals surface area (Å²) in [7, 11) is -4.71. The summed E-state index contributed by atoms with van der Waals surface area (Å²) in [5.74, 6) is -2.86. The van der Waals surface area contributed by atoms with Gasteiger partial charge in [-0.15, -0.1) is 0 Å². The Morgan fingerprint density at radius 2 is 1.70 bits per heavy atom. The van der Waals surface area contributed by atoms with Crippen molar-refractivity contribution in [3.63, 3.8) is 0 Å². The monoisotopic (exact) mass is 1120 g/mol. The van der Waals surface area contributed by atoms with Crippen LogP contribution in [0.15, 0.2) is 96.0 Å². The van der Waals surface area contributed by atoms with Crippen LogP contribution in [0.3, 0.4) is 0 Å². The molecule has 2 aromatic heterocycles. The standard InChI is InChI=1S/C59H66F3N9O8S/c1-36-5-3-4-6-42(36)53-34-67(33-38-7-11-45(60)46(61)25-38)22-23-69(53)40-29-59(30-40)18-20-68(21-19-59)39-8-10-43(50(26-39)70-49-15-24-78-35-54(49)79-57-52(70)28-44-47(62)32-64-55(44)65-57)56(72)66-80(76,77)41-9-12-48(51(27-41)71(74)75)63-31-37-13-16-58(2,73)17-14-37/h3-12,25-28,32,37,40,49,53-54,63,73H,13-24,29-31,33-35H2,1-2H3,(H,64,65)(H,66,72)/t37?,49-,53-,54-,58?/m0/s1. The first kappa shape index (κ1) is 53.8. The summed E-state index contributed by atoms with van der Waals surface area (Å²) >= 11 is 0. The molecule has 0 bridgehead atoms. The maximum absolute atomic E-state index is 15.4. The highest BCUT2D eigenvalue weighted by Gasteiger charge is 2.50. The zero-order valence-electron chi connectivity index (χ0n) is 44.8. The Morgan fingerprint density at radius 1 is 0.912 bits per heavy atom. The molecule has 422 valence electrons. The number of halogens is 3. The summed E-state index contributed by atoms with van der Waals surface area (Å²) in [5.41, 5.74) is 4.06. The predicted molar refractivity (Wildman–Crippen MR) is 296 cm³/mol. The highest BCUT2D eigenvalue weighted by atomic mass is 32.2. The van der Waals surface area contributed by atoms with E-state index in [0.29, 0.717) is 56.4 Å². The molecule has 80 heavy (non-hydrogen) atoms. The molecule has 6 heterocycles. The third-order valence-corrected chi connectivity index (χ3v) is 19.4. The minimum Gasteiger partial charge on any atom is -0.468 e. The number of anilines is 4. The Hall–Kier alpha value is -6.78. The molecular weight excluding hydrogens is 1050 g/mol. The van der Waals surface area contributed by atoms with E-state index in [4.69, 9.17) is 9.47 Å².